The predicted molar refractivity (Wildman–Crippen MR) is 115 cm³/mol. The van der Waals surface area contributed by atoms with Crippen LogP contribution in [0.5, 0.6) is 0 Å². The van der Waals surface area contributed by atoms with Gasteiger partial charge in [-0.1, -0.05) is 61.4 Å². The molecular weight excluding hydrogens is 372 g/mol. The van der Waals surface area contributed by atoms with Crippen molar-refractivity contribution in [2.75, 3.05) is 23.7 Å². The van der Waals surface area contributed by atoms with Gasteiger partial charge in [0.25, 0.3) is 0 Å². The minimum absolute atomic E-state index is 0.218. The van der Waals surface area contributed by atoms with Crippen molar-refractivity contribution in [2.45, 2.75) is 33.6 Å². The summed E-state index contributed by atoms with van der Waals surface area (Å²) in [7, 11) is -3.57. The van der Waals surface area contributed by atoms with E-state index in [1.54, 1.807) is 6.07 Å². The first-order valence-electron chi connectivity index (χ1n) is 9.56. The summed E-state index contributed by atoms with van der Waals surface area (Å²) >= 11 is 0. The van der Waals surface area contributed by atoms with Crippen LogP contribution in [-0.2, 0) is 21.2 Å². The summed E-state index contributed by atoms with van der Waals surface area (Å²) < 4.78 is 25.7. The number of amides is 1. The van der Waals surface area contributed by atoms with Crippen LogP contribution >= 0.6 is 0 Å². The van der Waals surface area contributed by atoms with Crippen molar-refractivity contribution in [3.8, 4) is 0 Å². The fourth-order valence-electron chi connectivity index (χ4n) is 3.22. The van der Waals surface area contributed by atoms with Crippen LogP contribution in [0.15, 0.2) is 48.5 Å². The molecule has 0 spiro atoms. The molecule has 152 valence electrons. The Bertz CT molecular complexity index is 895. The Balaban J connectivity index is 2.03. The normalized spacial score (nSPS) is 12.4. The largest absolute Gasteiger partial charge is 0.354 e. The van der Waals surface area contributed by atoms with Gasteiger partial charge >= 0.3 is 0 Å². The lowest BCUT2D eigenvalue weighted by molar-refractivity contribution is -0.119. The van der Waals surface area contributed by atoms with E-state index in [0.717, 1.165) is 30.2 Å². The van der Waals surface area contributed by atoms with E-state index < -0.39 is 10.0 Å². The average molecular weight is 403 g/mol. The standard InChI is InChI=1S/C22H30N2O3S/c1-5-19(14-20-9-7-6-8-10-20)15-23-22(25)16-24(28(4,26)27)21-12-11-17(2)13-18(21)3/h6-13,19H,5,14-16H2,1-4H3,(H,23,25). The zero-order chi connectivity index (χ0) is 20.7. The average Bonchev–Trinajstić information content (AvgIpc) is 2.63. The molecule has 5 nitrogen and oxygen atoms in total. The minimum Gasteiger partial charge on any atom is -0.354 e. The van der Waals surface area contributed by atoms with E-state index >= 15 is 0 Å². The maximum absolute atomic E-state index is 12.5. The van der Waals surface area contributed by atoms with Crippen molar-refractivity contribution in [2.24, 2.45) is 5.92 Å². The molecule has 6 heteroatoms. The van der Waals surface area contributed by atoms with Crippen molar-refractivity contribution >= 4 is 21.6 Å². The zero-order valence-corrected chi connectivity index (χ0v) is 17.9. The number of nitrogens with one attached hydrogen (secondary N) is 1. The number of hydrogen-bond donors (Lipinski definition) is 1. The van der Waals surface area contributed by atoms with Crippen LogP contribution in [0.25, 0.3) is 0 Å². The number of carbonyl (C=O) groups excluding carboxylic acids is 1. The highest BCUT2D eigenvalue weighted by Crippen LogP contribution is 2.23. The van der Waals surface area contributed by atoms with Gasteiger partial charge in [-0.3, -0.25) is 9.10 Å². The summed E-state index contributed by atoms with van der Waals surface area (Å²) in [6, 6.07) is 15.7. The molecule has 1 amide bonds. The molecule has 2 rings (SSSR count). The molecule has 0 fully saturated rings. The molecular formula is C22H30N2O3S. The highest BCUT2D eigenvalue weighted by atomic mass is 32.2. The van der Waals surface area contributed by atoms with E-state index in [2.05, 4.69) is 24.4 Å². The highest BCUT2D eigenvalue weighted by Gasteiger charge is 2.22. The molecule has 0 saturated carbocycles. The Morgan fingerprint density at radius 1 is 1.11 bits per heavy atom. The van der Waals surface area contributed by atoms with Crippen LogP contribution in [0.4, 0.5) is 5.69 Å². The second kappa shape index (κ2) is 9.73. The van der Waals surface area contributed by atoms with Crippen LogP contribution in [-0.4, -0.2) is 33.7 Å². The molecule has 0 aliphatic rings. The lowest BCUT2D eigenvalue weighted by atomic mass is 9.97. The smallest absolute Gasteiger partial charge is 0.240 e. The third-order valence-electron chi connectivity index (χ3n) is 4.84. The van der Waals surface area contributed by atoms with Gasteiger partial charge in [-0.05, 0) is 43.4 Å². The van der Waals surface area contributed by atoms with E-state index in [1.807, 2.05) is 44.2 Å². The van der Waals surface area contributed by atoms with Crippen LogP contribution in [0.2, 0.25) is 0 Å². The minimum atomic E-state index is -3.57. The lowest BCUT2D eigenvalue weighted by Gasteiger charge is -2.24. The molecule has 0 aliphatic carbocycles. The number of hydrogen-bond acceptors (Lipinski definition) is 3. The predicted octanol–water partition coefficient (Wildman–Crippen LogP) is 3.45. The SMILES string of the molecule is CCC(CNC(=O)CN(c1ccc(C)cc1C)S(C)(=O)=O)Cc1ccccc1. The van der Waals surface area contributed by atoms with Gasteiger partial charge in [-0.15, -0.1) is 0 Å². The molecule has 2 aromatic carbocycles. The van der Waals surface area contributed by atoms with Crippen LogP contribution < -0.4 is 9.62 Å². The molecule has 1 atom stereocenters. The first kappa shape index (κ1) is 22.0. The summed E-state index contributed by atoms with van der Waals surface area (Å²) in [4.78, 5) is 12.5. The van der Waals surface area contributed by atoms with Gasteiger partial charge in [0.15, 0.2) is 0 Å². The Labute approximate surface area is 168 Å². The number of sulfonamides is 1. The van der Waals surface area contributed by atoms with Crippen molar-refractivity contribution in [3.63, 3.8) is 0 Å². The summed E-state index contributed by atoms with van der Waals surface area (Å²) in [5.74, 6) is 0.0102. The molecule has 2 aromatic rings. The zero-order valence-electron chi connectivity index (χ0n) is 17.1. The number of aryl methyl sites for hydroxylation is 2. The summed E-state index contributed by atoms with van der Waals surface area (Å²) in [6.07, 6.45) is 2.94. The van der Waals surface area contributed by atoms with Crippen LogP contribution in [0, 0.1) is 19.8 Å². The number of rotatable bonds is 9. The second-order valence-corrected chi connectivity index (χ2v) is 9.23. The van der Waals surface area contributed by atoms with E-state index in [9.17, 15) is 13.2 Å². The lowest BCUT2D eigenvalue weighted by Crippen LogP contribution is -2.42. The third kappa shape index (κ3) is 6.37. The molecule has 0 aliphatic heterocycles. The van der Waals surface area contributed by atoms with Gasteiger partial charge in [-0.25, -0.2) is 8.42 Å². The van der Waals surface area contributed by atoms with Gasteiger partial charge in [-0.2, -0.15) is 0 Å². The quantitative estimate of drug-likeness (QED) is 0.699. The molecule has 0 bridgehead atoms. The fraction of sp³-hybridized carbons (Fsp3) is 0.409. The van der Waals surface area contributed by atoms with E-state index in [1.165, 1.54) is 9.87 Å². The Hall–Kier alpha value is -2.34. The van der Waals surface area contributed by atoms with Crippen molar-refractivity contribution in [3.05, 3.63) is 65.2 Å². The number of carbonyl (C=O) groups is 1. The Kier molecular flexibility index (Phi) is 7.63. The second-order valence-electron chi connectivity index (χ2n) is 7.33. The number of nitrogens with zero attached hydrogens (tertiary/aromatic N) is 1. The molecule has 0 heterocycles. The van der Waals surface area contributed by atoms with E-state index in [0.29, 0.717) is 18.2 Å². The fourth-order valence-corrected chi connectivity index (χ4v) is 4.13. The summed E-state index contributed by atoms with van der Waals surface area (Å²) in [6.45, 7) is 6.20. The first-order chi connectivity index (χ1) is 13.2. The first-order valence-corrected chi connectivity index (χ1v) is 11.4. The Morgan fingerprint density at radius 2 is 1.79 bits per heavy atom. The molecule has 0 saturated heterocycles. The molecule has 0 aromatic heterocycles. The van der Waals surface area contributed by atoms with Gasteiger partial charge < -0.3 is 5.32 Å². The van der Waals surface area contributed by atoms with Crippen LogP contribution in [0.3, 0.4) is 0 Å². The number of anilines is 1. The molecule has 1 N–H and O–H groups in total. The summed E-state index contributed by atoms with van der Waals surface area (Å²) in [5, 5.41) is 2.91. The van der Waals surface area contributed by atoms with Gasteiger partial charge in [0.1, 0.15) is 6.54 Å². The van der Waals surface area contributed by atoms with Gasteiger partial charge in [0.05, 0.1) is 11.9 Å². The van der Waals surface area contributed by atoms with E-state index in [-0.39, 0.29) is 12.5 Å². The summed E-state index contributed by atoms with van der Waals surface area (Å²) in [5.41, 5.74) is 3.65. The monoisotopic (exact) mass is 402 g/mol. The van der Waals surface area contributed by atoms with Crippen LogP contribution in [0.1, 0.15) is 30.0 Å². The van der Waals surface area contributed by atoms with Gasteiger partial charge in [0.2, 0.25) is 15.9 Å². The molecule has 0 radical (unpaired) electrons. The van der Waals surface area contributed by atoms with Crippen molar-refractivity contribution < 1.29 is 13.2 Å². The highest BCUT2D eigenvalue weighted by molar-refractivity contribution is 7.92. The van der Waals surface area contributed by atoms with Crippen molar-refractivity contribution in [1.82, 2.24) is 5.32 Å². The Morgan fingerprint density at radius 3 is 2.36 bits per heavy atom. The maximum Gasteiger partial charge on any atom is 0.240 e. The van der Waals surface area contributed by atoms with E-state index in [4.69, 9.17) is 0 Å². The van der Waals surface area contributed by atoms with Gasteiger partial charge in [0, 0.05) is 6.54 Å². The maximum atomic E-state index is 12.5. The molecule has 1 unspecified atom stereocenters. The topological polar surface area (TPSA) is 66.5 Å². The number of benzene rings is 2. The third-order valence-corrected chi connectivity index (χ3v) is 5.97. The molecule has 28 heavy (non-hydrogen) atoms. The van der Waals surface area contributed by atoms with Crippen molar-refractivity contribution in [1.29, 1.82) is 0 Å².